The normalized spacial score (nSPS) is 10.4. The van der Waals surface area contributed by atoms with Gasteiger partial charge >= 0.3 is 0 Å². The summed E-state index contributed by atoms with van der Waals surface area (Å²) in [5, 5.41) is 12.0. The van der Waals surface area contributed by atoms with Crippen molar-refractivity contribution in [1.82, 2.24) is 0 Å². The van der Waals surface area contributed by atoms with Gasteiger partial charge < -0.3 is 14.8 Å². The molecule has 0 radical (unpaired) electrons. The van der Waals surface area contributed by atoms with Crippen molar-refractivity contribution in [3.05, 3.63) is 18.2 Å². The number of nitriles is 1. The van der Waals surface area contributed by atoms with Gasteiger partial charge in [-0.3, -0.25) is 0 Å². The highest BCUT2D eigenvalue weighted by atomic mass is 16.5. The third-order valence-corrected chi connectivity index (χ3v) is 2.12. The minimum absolute atomic E-state index is 0.612. The zero-order valence-electron chi connectivity index (χ0n) is 10.00. The molecule has 0 fully saturated rings. The van der Waals surface area contributed by atoms with Gasteiger partial charge in [-0.15, -0.1) is 0 Å². The third-order valence-electron chi connectivity index (χ3n) is 2.12. The smallest absolute Gasteiger partial charge is 0.162 e. The monoisotopic (exact) mass is 220 g/mol. The predicted molar refractivity (Wildman–Crippen MR) is 62.9 cm³/mol. The van der Waals surface area contributed by atoms with Crippen LogP contribution in [0.15, 0.2) is 18.2 Å². The van der Waals surface area contributed by atoms with E-state index in [2.05, 4.69) is 11.4 Å². The minimum atomic E-state index is -0.612. The minimum Gasteiger partial charge on any atom is -0.493 e. The maximum absolute atomic E-state index is 8.91. The summed E-state index contributed by atoms with van der Waals surface area (Å²) in [5.74, 6) is 1.31. The van der Waals surface area contributed by atoms with Gasteiger partial charge in [-0.1, -0.05) is 0 Å². The average Bonchev–Trinajstić information content (AvgIpc) is 2.28. The van der Waals surface area contributed by atoms with Crippen molar-refractivity contribution in [2.75, 3.05) is 19.5 Å². The molecule has 0 amide bonds. The van der Waals surface area contributed by atoms with Crippen LogP contribution in [-0.2, 0) is 0 Å². The van der Waals surface area contributed by atoms with Crippen LogP contribution in [0.3, 0.4) is 0 Å². The molecule has 0 aliphatic carbocycles. The van der Waals surface area contributed by atoms with Crippen molar-refractivity contribution in [2.45, 2.75) is 19.4 Å². The highest BCUT2D eigenvalue weighted by Gasteiger charge is 2.16. The molecule has 0 aliphatic heterocycles. The summed E-state index contributed by atoms with van der Waals surface area (Å²) < 4.78 is 10.3. The van der Waals surface area contributed by atoms with Crippen LogP contribution in [0.4, 0.5) is 5.69 Å². The Hall–Kier alpha value is -1.89. The molecule has 0 atom stereocenters. The van der Waals surface area contributed by atoms with Gasteiger partial charge in [0, 0.05) is 11.8 Å². The lowest BCUT2D eigenvalue weighted by Crippen LogP contribution is -2.28. The molecule has 16 heavy (non-hydrogen) atoms. The number of hydrogen-bond donors (Lipinski definition) is 1. The first-order chi connectivity index (χ1) is 7.52. The van der Waals surface area contributed by atoms with Gasteiger partial charge in [-0.25, -0.2) is 0 Å². The molecule has 0 aliphatic rings. The van der Waals surface area contributed by atoms with Crippen LogP contribution in [-0.4, -0.2) is 19.8 Å². The Morgan fingerprint density at radius 1 is 1.19 bits per heavy atom. The number of hydrogen-bond acceptors (Lipinski definition) is 4. The fourth-order valence-electron chi connectivity index (χ4n) is 1.30. The van der Waals surface area contributed by atoms with E-state index in [-0.39, 0.29) is 0 Å². The molecule has 1 rings (SSSR count). The van der Waals surface area contributed by atoms with Crippen LogP contribution in [0.5, 0.6) is 11.5 Å². The van der Waals surface area contributed by atoms with Crippen LogP contribution >= 0.6 is 0 Å². The van der Waals surface area contributed by atoms with E-state index in [1.807, 2.05) is 19.9 Å². The Bertz CT molecular complexity index is 408. The quantitative estimate of drug-likeness (QED) is 0.846. The molecular weight excluding hydrogens is 204 g/mol. The van der Waals surface area contributed by atoms with Gasteiger partial charge in [0.2, 0.25) is 0 Å². The van der Waals surface area contributed by atoms with E-state index >= 15 is 0 Å². The first-order valence-corrected chi connectivity index (χ1v) is 4.94. The van der Waals surface area contributed by atoms with Gasteiger partial charge in [0.25, 0.3) is 0 Å². The SMILES string of the molecule is COc1ccc(NC(C)(C)C#N)cc1OC. The molecule has 4 nitrogen and oxygen atoms in total. The van der Waals surface area contributed by atoms with Crippen molar-refractivity contribution in [3.63, 3.8) is 0 Å². The lowest BCUT2D eigenvalue weighted by Gasteiger charge is -2.20. The van der Waals surface area contributed by atoms with Gasteiger partial charge in [-0.2, -0.15) is 5.26 Å². The molecular formula is C12H16N2O2. The maximum atomic E-state index is 8.91. The van der Waals surface area contributed by atoms with Crippen LogP contribution in [0.25, 0.3) is 0 Å². The van der Waals surface area contributed by atoms with Crippen LogP contribution in [0.1, 0.15) is 13.8 Å². The maximum Gasteiger partial charge on any atom is 0.162 e. The summed E-state index contributed by atoms with van der Waals surface area (Å²) >= 11 is 0. The standard InChI is InChI=1S/C12H16N2O2/c1-12(2,8-13)14-9-5-6-10(15-3)11(7-9)16-4/h5-7,14H,1-4H3. The number of rotatable bonds is 4. The molecule has 0 heterocycles. The Morgan fingerprint density at radius 2 is 1.81 bits per heavy atom. The zero-order chi connectivity index (χ0) is 12.2. The zero-order valence-corrected chi connectivity index (χ0v) is 10.00. The van der Waals surface area contributed by atoms with Crippen molar-refractivity contribution >= 4 is 5.69 Å². The number of methoxy groups -OCH3 is 2. The van der Waals surface area contributed by atoms with E-state index < -0.39 is 5.54 Å². The lowest BCUT2D eigenvalue weighted by atomic mass is 10.1. The highest BCUT2D eigenvalue weighted by Crippen LogP contribution is 2.30. The summed E-state index contributed by atoms with van der Waals surface area (Å²) in [7, 11) is 3.17. The van der Waals surface area contributed by atoms with E-state index in [4.69, 9.17) is 14.7 Å². The number of nitrogens with zero attached hydrogens (tertiary/aromatic N) is 1. The number of anilines is 1. The first-order valence-electron chi connectivity index (χ1n) is 4.94. The van der Waals surface area contributed by atoms with E-state index in [9.17, 15) is 0 Å². The van der Waals surface area contributed by atoms with E-state index in [0.717, 1.165) is 5.69 Å². The summed E-state index contributed by atoms with van der Waals surface area (Å²) in [6, 6.07) is 7.62. The van der Waals surface area contributed by atoms with Gasteiger partial charge in [-0.05, 0) is 26.0 Å². The van der Waals surface area contributed by atoms with Gasteiger partial charge in [0.1, 0.15) is 5.54 Å². The molecule has 0 spiro atoms. The molecule has 0 saturated carbocycles. The van der Waals surface area contributed by atoms with Crippen LogP contribution in [0.2, 0.25) is 0 Å². The Kier molecular flexibility index (Phi) is 3.62. The lowest BCUT2D eigenvalue weighted by molar-refractivity contribution is 0.355. The topological polar surface area (TPSA) is 54.3 Å². The van der Waals surface area contributed by atoms with Crippen molar-refractivity contribution < 1.29 is 9.47 Å². The van der Waals surface area contributed by atoms with E-state index in [1.54, 1.807) is 26.4 Å². The number of benzene rings is 1. The first kappa shape index (κ1) is 12.2. The van der Waals surface area contributed by atoms with Crippen LogP contribution < -0.4 is 14.8 Å². The highest BCUT2D eigenvalue weighted by molar-refractivity contribution is 5.56. The summed E-state index contributed by atoms with van der Waals surface area (Å²) in [4.78, 5) is 0. The number of nitrogens with one attached hydrogen (secondary N) is 1. The average molecular weight is 220 g/mol. The van der Waals surface area contributed by atoms with Gasteiger partial charge in [0.15, 0.2) is 11.5 Å². The van der Waals surface area contributed by atoms with Crippen molar-refractivity contribution in [3.8, 4) is 17.6 Å². The molecule has 0 unspecified atom stereocenters. The third kappa shape index (κ3) is 2.80. The molecule has 1 aromatic carbocycles. The Morgan fingerprint density at radius 3 is 2.31 bits per heavy atom. The fourth-order valence-corrected chi connectivity index (χ4v) is 1.30. The molecule has 1 N–H and O–H groups in total. The fraction of sp³-hybridized carbons (Fsp3) is 0.417. The molecule has 0 bridgehead atoms. The number of ether oxygens (including phenoxy) is 2. The molecule has 0 aromatic heterocycles. The molecule has 86 valence electrons. The van der Waals surface area contributed by atoms with Crippen molar-refractivity contribution in [2.24, 2.45) is 0 Å². The molecule has 0 saturated heterocycles. The summed E-state index contributed by atoms with van der Waals surface area (Å²) in [6.45, 7) is 3.62. The second-order valence-corrected chi connectivity index (χ2v) is 3.93. The van der Waals surface area contributed by atoms with E-state index in [1.165, 1.54) is 0 Å². The Balaban J connectivity index is 2.97. The summed E-state index contributed by atoms with van der Waals surface area (Å²) in [6.07, 6.45) is 0. The van der Waals surface area contributed by atoms with Gasteiger partial charge in [0.05, 0.1) is 20.3 Å². The van der Waals surface area contributed by atoms with Crippen LogP contribution in [0, 0.1) is 11.3 Å². The Labute approximate surface area is 95.8 Å². The summed E-state index contributed by atoms with van der Waals surface area (Å²) in [5.41, 5.74) is 0.212. The molecule has 1 aromatic rings. The second kappa shape index (κ2) is 4.75. The molecule has 4 heteroatoms. The largest absolute Gasteiger partial charge is 0.493 e. The van der Waals surface area contributed by atoms with E-state index in [0.29, 0.717) is 11.5 Å². The predicted octanol–water partition coefficient (Wildman–Crippen LogP) is 2.42. The second-order valence-electron chi connectivity index (χ2n) is 3.93. The van der Waals surface area contributed by atoms with Crippen molar-refractivity contribution in [1.29, 1.82) is 5.26 Å².